The number of nitrogens with zero attached hydrogens (tertiary/aromatic N) is 4. The number of ether oxygens (including phenoxy) is 1. The Morgan fingerprint density at radius 3 is 2.78 bits per heavy atom. The summed E-state index contributed by atoms with van der Waals surface area (Å²) in [6.07, 6.45) is -0.787. The van der Waals surface area contributed by atoms with E-state index in [9.17, 15) is 4.79 Å². The molecule has 1 aliphatic heterocycles. The van der Waals surface area contributed by atoms with Gasteiger partial charge in [0.05, 0.1) is 5.69 Å². The van der Waals surface area contributed by atoms with E-state index in [4.69, 9.17) is 9.15 Å². The molecule has 1 amide bonds. The summed E-state index contributed by atoms with van der Waals surface area (Å²) < 4.78 is 12.7. The normalized spacial score (nSPS) is 15.5. The molecule has 0 bridgehead atoms. The van der Waals surface area contributed by atoms with E-state index in [-0.39, 0.29) is 5.91 Å². The summed E-state index contributed by atoms with van der Waals surface area (Å²) in [5, 5.41) is 9.05. The lowest BCUT2D eigenvalue weighted by Crippen LogP contribution is -2.35. The Labute approximate surface area is 173 Å². The van der Waals surface area contributed by atoms with Gasteiger partial charge in [0.1, 0.15) is 0 Å². The van der Waals surface area contributed by atoms with Crippen LogP contribution in [0.5, 0.6) is 5.88 Å². The molecule has 1 unspecified atom stereocenters. The molecule has 0 spiro atoms. The van der Waals surface area contributed by atoms with Crippen molar-refractivity contribution in [3.63, 3.8) is 0 Å². The predicted octanol–water partition coefficient (Wildman–Crippen LogP) is 4.29. The number of fused-ring (bicyclic) bond motifs is 3. The van der Waals surface area contributed by atoms with Crippen LogP contribution in [0.4, 0.5) is 5.69 Å². The second-order valence-electron chi connectivity index (χ2n) is 5.70. The average molecular weight is 494 g/mol. The Morgan fingerprint density at radius 1 is 1.26 bits per heavy atom. The number of rotatable bonds is 3. The second kappa shape index (κ2) is 7.47. The first-order chi connectivity index (χ1) is 13.1. The van der Waals surface area contributed by atoms with Gasteiger partial charge >= 0.3 is 0 Å². The Hall–Kier alpha value is -2.14. The van der Waals surface area contributed by atoms with E-state index in [1.165, 1.54) is 18.7 Å². The van der Waals surface area contributed by atoms with E-state index >= 15 is 0 Å². The van der Waals surface area contributed by atoms with Gasteiger partial charge in [0.25, 0.3) is 0 Å². The van der Waals surface area contributed by atoms with Gasteiger partial charge in [0.15, 0.2) is 15.2 Å². The van der Waals surface area contributed by atoms with Crippen LogP contribution in [0.25, 0.3) is 11.3 Å². The number of halogens is 1. The van der Waals surface area contributed by atoms with Gasteiger partial charge in [0, 0.05) is 12.5 Å². The van der Waals surface area contributed by atoms with Crippen LogP contribution in [0.3, 0.4) is 0 Å². The minimum Gasteiger partial charge on any atom is -0.449 e. The highest BCUT2D eigenvalue weighted by Gasteiger charge is 2.36. The first-order valence-electron chi connectivity index (χ1n) is 8.27. The quantitative estimate of drug-likeness (QED) is 0.397. The van der Waals surface area contributed by atoms with Crippen LogP contribution in [0.2, 0.25) is 0 Å². The highest BCUT2D eigenvalue weighted by atomic mass is 127. The Kier molecular flexibility index (Phi) is 5.04. The number of hydrogen-bond acceptors (Lipinski definition) is 7. The summed E-state index contributed by atoms with van der Waals surface area (Å²) in [5.41, 5.74) is 1.91. The summed E-state index contributed by atoms with van der Waals surface area (Å²) in [7, 11) is 0. The molecule has 2 aromatic heterocycles. The van der Waals surface area contributed by atoms with Gasteiger partial charge in [0.2, 0.25) is 23.2 Å². The summed E-state index contributed by atoms with van der Waals surface area (Å²) in [4.78, 5) is 18.6. The van der Waals surface area contributed by atoms with Crippen LogP contribution in [0.1, 0.15) is 25.8 Å². The number of carbonyl (C=O) groups excluding carboxylic acids is 1. The van der Waals surface area contributed by atoms with Crippen LogP contribution in [0, 0.1) is 3.77 Å². The third-order valence-corrected chi connectivity index (χ3v) is 5.26. The van der Waals surface area contributed by atoms with Crippen molar-refractivity contribution in [3.8, 4) is 17.1 Å². The first-order valence-corrected chi connectivity index (χ1v) is 10.3. The monoisotopic (exact) mass is 494 g/mol. The molecule has 1 aliphatic rings. The van der Waals surface area contributed by atoms with Gasteiger partial charge in [-0.05, 0) is 46.5 Å². The third-order valence-electron chi connectivity index (χ3n) is 3.96. The minimum atomic E-state index is -0.787. The maximum absolute atomic E-state index is 12.6. The zero-order chi connectivity index (χ0) is 19.0. The number of hydrogen-bond donors (Lipinski definition) is 0. The van der Waals surface area contributed by atoms with Crippen molar-refractivity contribution in [1.29, 1.82) is 0 Å². The van der Waals surface area contributed by atoms with Crippen LogP contribution in [-0.4, -0.2) is 26.8 Å². The number of thioether (sulfide) groups is 1. The predicted molar refractivity (Wildman–Crippen MR) is 110 cm³/mol. The summed E-state index contributed by atoms with van der Waals surface area (Å²) in [6, 6.07) is 11.1. The van der Waals surface area contributed by atoms with E-state index in [0.717, 1.165) is 11.3 Å². The molecule has 3 aromatic rings. The van der Waals surface area contributed by atoms with Crippen molar-refractivity contribution >= 4 is 45.9 Å². The van der Waals surface area contributed by atoms with Gasteiger partial charge in [-0.3, -0.25) is 9.69 Å². The fraction of sp³-hybridized carbons (Fsp3) is 0.222. The molecule has 0 N–H and O–H groups in total. The maximum Gasteiger partial charge on any atom is 0.247 e. The Bertz CT molecular complexity index is 1010. The molecule has 0 radical (unpaired) electrons. The molecule has 138 valence electrons. The van der Waals surface area contributed by atoms with Crippen molar-refractivity contribution in [2.45, 2.75) is 25.2 Å². The molecule has 27 heavy (non-hydrogen) atoms. The van der Waals surface area contributed by atoms with Crippen molar-refractivity contribution < 1.29 is 13.9 Å². The molecule has 1 aromatic carbocycles. The first kappa shape index (κ1) is 18.2. The topological polar surface area (TPSA) is 81.3 Å². The highest BCUT2D eigenvalue weighted by molar-refractivity contribution is 14.1. The van der Waals surface area contributed by atoms with Crippen LogP contribution in [0.15, 0.2) is 46.0 Å². The third kappa shape index (κ3) is 3.41. The van der Waals surface area contributed by atoms with E-state index in [1.807, 2.05) is 37.3 Å². The number of para-hydroxylation sites is 1. The van der Waals surface area contributed by atoms with Crippen LogP contribution in [-0.2, 0) is 4.79 Å². The number of aromatic nitrogens is 3. The lowest BCUT2D eigenvalue weighted by Gasteiger charge is -2.28. The van der Waals surface area contributed by atoms with E-state index in [2.05, 4.69) is 37.8 Å². The maximum atomic E-state index is 12.6. The molecule has 9 heteroatoms. The van der Waals surface area contributed by atoms with Crippen LogP contribution < -0.4 is 9.64 Å². The summed E-state index contributed by atoms with van der Waals surface area (Å²) >= 11 is 3.55. The highest BCUT2D eigenvalue weighted by Crippen LogP contribution is 2.43. The SMILES string of the molecule is CCSc1nnc2c(n1)OC(c1ccc(I)o1)N(C(C)=O)c1ccccc1-2. The van der Waals surface area contributed by atoms with E-state index < -0.39 is 6.23 Å². The molecule has 0 saturated carbocycles. The zero-order valence-electron chi connectivity index (χ0n) is 14.5. The van der Waals surface area contributed by atoms with E-state index in [1.54, 1.807) is 11.0 Å². The van der Waals surface area contributed by atoms with E-state index in [0.29, 0.717) is 31.9 Å². The van der Waals surface area contributed by atoms with Crippen molar-refractivity contribution in [2.24, 2.45) is 0 Å². The second-order valence-corrected chi connectivity index (χ2v) is 7.99. The average Bonchev–Trinajstić information content (AvgIpc) is 3.02. The molecule has 3 heterocycles. The Morgan fingerprint density at radius 2 is 2.07 bits per heavy atom. The Balaban J connectivity index is 1.94. The molecule has 4 rings (SSSR count). The standard InChI is InChI=1S/C18H15IN4O3S/c1-3-27-18-20-16-15(21-22-18)11-6-4-5-7-12(11)23(10(2)24)17(26-16)13-8-9-14(19)25-13/h4-9,17H,3H2,1-2H3. The van der Waals surface area contributed by atoms with Gasteiger partial charge < -0.3 is 9.15 Å². The lowest BCUT2D eigenvalue weighted by molar-refractivity contribution is -0.118. The summed E-state index contributed by atoms with van der Waals surface area (Å²) in [6.45, 7) is 3.51. The molecule has 0 aliphatic carbocycles. The van der Waals surface area contributed by atoms with Crippen molar-refractivity contribution in [3.05, 3.63) is 45.9 Å². The number of amides is 1. The van der Waals surface area contributed by atoms with Gasteiger partial charge in [-0.1, -0.05) is 36.9 Å². The number of furan rings is 1. The minimum absolute atomic E-state index is 0.178. The molecule has 7 nitrogen and oxygen atoms in total. The summed E-state index contributed by atoms with van der Waals surface area (Å²) in [5.74, 6) is 1.48. The molecular weight excluding hydrogens is 479 g/mol. The fourth-order valence-corrected chi connectivity index (χ4v) is 3.83. The van der Waals surface area contributed by atoms with Gasteiger partial charge in [-0.25, -0.2) is 0 Å². The molecule has 0 saturated heterocycles. The number of anilines is 1. The van der Waals surface area contributed by atoms with Crippen LogP contribution >= 0.6 is 34.4 Å². The number of benzene rings is 1. The molecule has 1 atom stereocenters. The fourth-order valence-electron chi connectivity index (χ4n) is 2.89. The number of carbonyl (C=O) groups is 1. The van der Waals surface area contributed by atoms with Gasteiger partial charge in [-0.15, -0.1) is 10.2 Å². The van der Waals surface area contributed by atoms with Gasteiger partial charge in [-0.2, -0.15) is 4.98 Å². The van der Waals surface area contributed by atoms with Crippen molar-refractivity contribution in [2.75, 3.05) is 10.7 Å². The molecular formula is C18H15IN4O3S. The zero-order valence-corrected chi connectivity index (χ0v) is 17.5. The van der Waals surface area contributed by atoms with Crippen molar-refractivity contribution in [1.82, 2.24) is 15.2 Å². The largest absolute Gasteiger partial charge is 0.449 e. The smallest absolute Gasteiger partial charge is 0.247 e. The lowest BCUT2D eigenvalue weighted by atomic mass is 10.1. The molecule has 0 fully saturated rings.